The third kappa shape index (κ3) is 3.66. The van der Waals surface area contributed by atoms with Crippen molar-refractivity contribution < 1.29 is 23.9 Å². The highest BCUT2D eigenvalue weighted by atomic mass is 16.5. The lowest BCUT2D eigenvalue weighted by Crippen LogP contribution is -2.55. The lowest BCUT2D eigenvalue weighted by Gasteiger charge is -2.60. The molecule has 0 aliphatic heterocycles. The molecule has 0 bridgehead atoms. The second-order valence-electron chi connectivity index (χ2n) is 10.7. The first-order chi connectivity index (χ1) is 14.7. The normalized spacial score (nSPS) is 41.5. The van der Waals surface area contributed by atoms with Crippen molar-refractivity contribution in [3.8, 4) is 0 Å². The minimum absolute atomic E-state index is 0.0138. The number of hydrogen-bond acceptors (Lipinski definition) is 5. The quantitative estimate of drug-likeness (QED) is 0.573. The molecule has 5 heteroatoms. The van der Waals surface area contributed by atoms with Gasteiger partial charge in [-0.2, -0.15) is 0 Å². The van der Waals surface area contributed by atoms with E-state index in [1.807, 2.05) is 19.9 Å². The fourth-order valence-electron chi connectivity index (χ4n) is 7.71. The van der Waals surface area contributed by atoms with Gasteiger partial charge < -0.3 is 9.47 Å². The Morgan fingerprint density at radius 1 is 1.06 bits per heavy atom. The predicted molar refractivity (Wildman–Crippen MR) is 117 cm³/mol. The van der Waals surface area contributed by atoms with E-state index in [0.717, 1.165) is 38.5 Å². The second-order valence-corrected chi connectivity index (χ2v) is 10.7. The van der Waals surface area contributed by atoms with Gasteiger partial charge in [0.25, 0.3) is 0 Å². The molecule has 172 valence electrons. The summed E-state index contributed by atoms with van der Waals surface area (Å²) < 4.78 is 11.7. The molecular formula is C26H38O5. The molecule has 3 saturated carbocycles. The molecule has 0 heterocycles. The van der Waals surface area contributed by atoms with E-state index in [-0.39, 0.29) is 34.7 Å². The number of rotatable bonds is 5. The lowest BCUT2D eigenvalue weighted by molar-refractivity contribution is -0.163. The third-order valence-corrected chi connectivity index (χ3v) is 9.27. The van der Waals surface area contributed by atoms with E-state index in [0.29, 0.717) is 49.5 Å². The Bertz CT molecular complexity index is 785. The van der Waals surface area contributed by atoms with E-state index in [2.05, 4.69) is 13.8 Å². The molecule has 4 aliphatic carbocycles. The molecular weight excluding hydrogens is 392 g/mol. The van der Waals surface area contributed by atoms with Crippen LogP contribution in [0.1, 0.15) is 85.5 Å². The molecule has 0 N–H and O–H groups in total. The molecule has 0 aromatic rings. The van der Waals surface area contributed by atoms with Crippen LogP contribution >= 0.6 is 0 Å². The summed E-state index contributed by atoms with van der Waals surface area (Å²) in [5.74, 6) is 1.73. The summed E-state index contributed by atoms with van der Waals surface area (Å²) in [5.41, 5.74) is 1.05. The first kappa shape index (κ1) is 22.5. The fourth-order valence-corrected chi connectivity index (χ4v) is 7.71. The molecule has 31 heavy (non-hydrogen) atoms. The van der Waals surface area contributed by atoms with Crippen LogP contribution in [0.5, 0.6) is 0 Å². The van der Waals surface area contributed by atoms with Gasteiger partial charge in [-0.1, -0.05) is 33.3 Å². The van der Waals surface area contributed by atoms with Gasteiger partial charge in [0.15, 0.2) is 5.78 Å². The summed E-state index contributed by atoms with van der Waals surface area (Å²) >= 11 is 0. The summed E-state index contributed by atoms with van der Waals surface area (Å²) in [5, 5.41) is 0. The number of ether oxygens (including phenoxy) is 2. The van der Waals surface area contributed by atoms with Gasteiger partial charge in [-0.05, 0) is 68.3 Å². The van der Waals surface area contributed by atoms with Crippen molar-refractivity contribution in [1.82, 2.24) is 0 Å². The zero-order chi connectivity index (χ0) is 22.4. The van der Waals surface area contributed by atoms with Gasteiger partial charge in [-0.25, -0.2) is 0 Å². The van der Waals surface area contributed by atoms with Gasteiger partial charge in [-0.15, -0.1) is 0 Å². The van der Waals surface area contributed by atoms with Crippen LogP contribution in [0.25, 0.3) is 0 Å². The Labute approximate surface area is 186 Å². The zero-order valence-electron chi connectivity index (χ0n) is 19.6. The molecule has 3 fully saturated rings. The van der Waals surface area contributed by atoms with Crippen LogP contribution in [0.4, 0.5) is 0 Å². The first-order valence-electron chi connectivity index (χ1n) is 12.3. The first-order valence-corrected chi connectivity index (χ1v) is 12.3. The summed E-state index contributed by atoms with van der Waals surface area (Å²) in [6, 6.07) is 0. The molecule has 7 atom stereocenters. The maximum Gasteiger partial charge on any atom is 0.305 e. The number of carbonyl (C=O) groups excluding carboxylic acids is 3. The lowest BCUT2D eigenvalue weighted by atomic mass is 9.45. The molecule has 0 unspecified atom stereocenters. The fraction of sp³-hybridized carbons (Fsp3) is 0.808. The van der Waals surface area contributed by atoms with Crippen molar-refractivity contribution in [2.75, 3.05) is 6.61 Å². The van der Waals surface area contributed by atoms with Crippen LogP contribution in [-0.4, -0.2) is 30.4 Å². The maximum absolute atomic E-state index is 12.3. The highest BCUT2D eigenvalue weighted by molar-refractivity contribution is 5.91. The van der Waals surface area contributed by atoms with E-state index in [4.69, 9.17) is 9.47 Å². The highest BCUT2D eigenvalue weighted by Gasteiger charge is 2.62. The van der Waals surface area contributed by atoms with Crippen molar-refractivity contribution in [3.05, 3.63) is 11.6 Å². The van der Waals surface area contributed by atoms with Crippen molar-refractivity contribution >= 4 is 17.7 Å². The summed E-state index contributed by atoms with van der Waals surface area (Å²) in [6.45, 7) is 8.67. The molecule has 0 spiro atoms. The SMILES string of the molecule is CCC(=O)OC[C@]12CCC(=O)C=C1[C@@H](C)C[C@@H]1[C@@H]2CC[C@]2(C)[C@@H](OC(=O)CC)CC[C@@H]12. The molecule has 4 aliphatic rings. The van der Waals surface area contributed by atoms with Crippen molar-refractivity contribution in [1.29, 1.82) is 0 Å². The summed E-state index contributed by atoms with van der Waals surface area (Å²) in [4.78, 5) is 36.5. The van der Waals surface area contributed by atoms with E-state index in [1.165, 1.54) is 5.57 Å². The monoisotopic (exact) mass is 430 g/mol. The number of hydrogen-bond donors (Lipinski definition) is 0. The smallest absolute Gasteiger partial charge is 0.305 e. The standard InChI is InChI=1S/C26H38O5/c1-5-23(28)30-15-26-12-9-17(27)14-21(26)16(3)13-18-19-7-8-22(31-24(29)6-2)25(19,4)11-10-20(18)26/h14,16,18-20,22H,5-13,15H2,1-4H3/t16-,18-,19-,20-,22-,25-,26-/m0/s1. The third-order valence-electron chi connectivity index (χ3n) is 9.27. The van der Waals surface area contributed by atoms with Gasteiger partial charge in [0.1, 0.15) is 12.7 Å². The Morgan fingerprint density at radius 2 is 1.81 bits per heavy atom. The maximum atomic E-state index is 12.3. The highest BCUT2D eigenvalue weighted by Crippen LogP contribution is 2.66. The van der Waals surface area contributed by atoms with Gasteiger partial charge in [-0.3, -0.25) is 14.4 Å². The molecule has 0 saturated heterocycles. The number of esters is 2. The Hall–Kier alpha value is -1.65. The molecule has 0 radical (unpaired) electrons. The van der Waals surface area contributed by atoms with Crippen LogP contribution in [0.3, 0.4) is 0 Å². The van der Waals surface area contributed by atoms with Crippen LogP contribution < -0.4 is 0 Å². The molecule has 0 aromatic carbocycles. The Balaban J connectivity index is 1.66. The van der Waals surface area contributed by atoms with Gasteiger partial charge in [0.05, 0.1) is 0 Å². The van der Waals surface area contributed by atoms with Crippen LogP contribution in [0.2, 0.25) is 0 Å². The summed E-state index contributed by atoms with van der Waals surface area (Å²) in [7, 11) is 0. The second kappa shape index (κ2) is 8.37. The van der Waals surface area contributed by atoms with E-state index in [1.54, 1.807) is 0 Å². The Kier molecular flexibility index (Phi) is 6.08. The van der Waals surface area contributed by atoms with Gasteiger partial charge in [0, 0.05) is 30.1 Å². The number of carbonyl (C=O) groups is 3. The zero-order valence-corrected chi connectivity index (χ0v) is 19.6. The van der Waals surface area contributed by atoms with E-state index in [9.17, 15) is 14.4 Å². The van der Waals surface area contributed by atoms with Crippen LogP contribution in [0.15, 0.2) is 11.6 Å². The Morgan fingerprint density at radius 3 is 2.52 bits per heavy atom. The molecule has 4 rings (SSSR count). The topological polar surface area (TPSA) is 69.7 Å². The molecule has 0 aromatic heterocycles. The van der Waals surface area contributed by atoms with Crippen molar-refractivity contribution in [2.45, 2.75) is 91.6 Å². The van der Waals surface area contributed by atoms with E-state index >= 15 is 0 Å². The van der Waals surface area contributed by atoms with Crippen molar-refractivity contribution in [3.63, 3.8) is 0 Å². The molecule has 0 amide bonds. The van der Waals surface area contributed by atoms with Crippen LogP contribution in [-0.2, 0) is 23.9 Å². The number of fused-ring (bicyclic) bond motifs is 5. The van der Waals surface area contributed by atoms with Gasteiger partial charge >= 0.3 is 11.9 Å². The largest absolute Gasteiger partial charge is 0.465 e. The number of ketones is 1. The molecule has 5 nitrogen and oxygen atoms in total. The van der Waals surface area contributed by atoms with Crippen LogP contribution in [0, 0.1) is 34.5 Å². The predicted octanol–water partition coefficient (Wildman–Crippen LogP) is 5.02. The van der Waals surface area contributed by atoms with E-state index < -0.39 is 0 Å². The van der Waals surface area contributed by atoms with Crippen molar-refractivity contribution in [2.24, 2.45) is 34.5 Å². The van der Waals surface area contributed by atoms with Gasteiger partial charge in [0.2, 0.25) is 0 Å². The minimum Gasteiger partial charge on any atom is -0.465 e. The minimum atomic E-state index is -0.208. The average Bonchev–Trinajstić information content (AvgIpc) is 3.09. The average molecular weight is 431 g/mol. The summed E-state index contributed by atoms with van der Waals surface area (Å²) in [6.07, 6.45) is 9.22.